The van der Waals surface area contributed by atoms with Crippen molar-refractivity contribution in [3.8, 4) is 0 Å². The van der Waals surface area contributed by atoms with E-state index in [0.717, 1.165) is 12.1 Å². The van der Waals surface area contributed by atoms with Crippen molar-refractivity contribution in [2.75, 3.05) is 0 Å². The van der Waals surface area contributed by atoms with Crippen LogP contribution in [0.25, 0.3) is 0 Å². The largest absolute Gasteiger partial charge is 0.416 e. The van der Waals surface area contributed by atoms with Crippen molar-refractivity contribution in [2.45, 2.75) is 39.0 Å². The van der Waals surface area contributed by atoms with Gasteiger partial charge in [-0.2, -0.15) is 18.3 Å². The number of rotatable bonds is 6. The smallest absolute Gasteiger partial charge is 0.349 e. The van der Waals surface area contributed by atoms with Gasteiger partial charge in [-0.1, -0.05) is 26.0 Å². The van der Waals surface area contributed by atoms with E-state index in [1.54, 1.807) is 6.07 Å². The highest BCUT2D eigenvalue weighted by molar-refractivity contribution is 5.76. The summed E-state index contributed by atoms with van der Waals surface area (Å²) in [5, 5.41) is 6.71. The molecule has 0 saturated heterocycles. The summed E-state index contributed by atoms with van der Waals surface area (Å²) < 4.78 is 40.1. The lowest BCUT2D eigenvalue weighted by atomic mass is 9.94. The topological polar surface area (TPSA) is 59.8 Å². The molecule has 0 saturated carbocycles. The molecule has 24 heavy (non-hydrogen) atoms. The second kappa shape index (κ2) is 7.46. The fourth-order valence-electron chi connectivity index (χ4n) is 2.35. The summed E-state index contributed by atoms with van der Waals surface area (Å²) in [7, 11) is 0. The number of alkyl halides is 3. The van der Waals surface area contributed by atoms with E-state index in [1.165, 1.54) is 23.4 Å². The van der Waals surface area contributed by atoms with Gasteiger partial charge in [-0.3, -0.25) is 9.48 Å². The maximum atomic E-state index is 12.9. The third-order valence-corrected chi connectivity index (χ3v) is 3.59. The number of aryl methyl sites for hydroxylation is 1. The van der Waals surface area contributed by atoms with E-state index in [-0.39, 0.29) is 18.2 Å². The molecular weight excluding hydrogens is 321 g/mol. The van der Waals surface area contributed by atoms with E-state index in [2.05, 4.69) is 15.4 Å². The van der Waals surface area contributed by atoms with Crippen LogP contribution in [0.3, 0.4) is 0 Å². The zero-order chi connectivity index (χ0) is 17.7. The molecule has 5 nitrogen and oxygen atoms in total. The van der Waals surface area contributed by atoms with Crippen LogP contribution in [0.4, 0.5) is 13.2 Å². The first-order valence-electron chi connectivity index (χ1n) is 7.56. The Morgan fingerprint density at radius 2 is 2.08 bits per heavy atom. The van der Waals surface area contributed by atoms with Crippen molar-refractivity contribution < 1.29 is 18.0 Å². The van der Waals surface area contributed by atoms with Gasteiger partial charge in [0, 0.05) is 6.42 Å². The van der Waals surface area contributed by atoms with Crippen LogP contribution in [0.15, 0.2) is 36.9 Å². The monoisotopic (exact) mass is 340 g/mol. The molecule has 8 heteroatoms. The summed E-state index contributed by atoms with van der Waals surface area (Å²) in [5.41, 5.74) is -0.281. The van der Waals surface area contributed by atoms with Crippen LogP contribution in [-0.4, -0.2) is 20.7 Å². The lowest BCUT2D eigenvalue weighted by molar-refractivity contribution is -0.137. The molecule has 0 aliphatic heterocycles. The second-order valence-electron chi connectivity index (χ2n) is 5.82. The molecule has 1 amide bonds. The fraction of sp³-hybridized carbons (Fsp3) is 0.438. The Kier molecular flexibility index (Phi) is 5.58. The Morgan fingerprint density at radius 3 is 2.67 bits per heavy atom. The molecule has 2 aromatic rings. The van der Waals surface area contributed by atoms with Gasteiger partial charge in [-0.15, -0.1) is 0 Å². The molecule has 0 bridgehead atoms. The summed E-state index contributed by atoms with van der Waals surface area (Å²) in [6, 6.07) is 4.57. The van der Waals surface area contributed by atoms with Gasteiger partial charge in [-0.05, 0) is 23.6 Å². The van der Waals surface area contributed by atoms with Crippen molar-refractivity contribution in [3.05, 3.63) is 48.0 Å². The van der Waals surface area contributed by atoms with E-state index in [9.17, 15) is 18.0 Å². The van der Waals surface area contributed by atoms with Gasteiger partial charge < -0.3 is 5.32 Å². The van der Waals surface area contributed by atoms with E-state index in [0.29, 0.717) is 12.1 Å². The zero-order valence-corrected chi connectivity index (χ0v) is 13.4. The molecule has 0 fully saturated rings. The van der Waals surface area contributed by atoms with Gasteiger partial charge in [0.25, 0.3) is 0 Å². The van der Waals surface area contributed by atoms with Crippen LogP contribution in [0.2, 0.25) is 0 Å². The first-order chi connectivity index (χ1) is 11.3. The average molecular weight is 340 g/mol. The number of nitrogens with one attached hydrogen (secondary N) is 1. The number of hydrogen-bond acceptors (Lipinski definition) is 3. The molecule has 130 valence electrons. The normalized spacial score (nSPS) is 13.1. The molecule has 1 heterocycles. The van der Waals surface area contributed by atoms with Crippen LogP contribution in [0, 0.1) is 5.92 Å². The molecule has 2 rings (SSSR count). The summed E-state index contributed by atoms with van der Waals surface area (Å²) in [6.07, 6.45) is -1.36. The third kappa shape index (κ3) is 4.81. The van der Waals surface area contributed by atoms with E-state index >= 15 is 0 Å². The minimum atomic E-state index is -4.41. The molecule has 1 aromatic heterocycles. The predicted octanol–water partition coefficient (Wildman–Crippen LogP) is 3.20. The van der Waals surface area contributed by atoms with Gasteiger partial charge in [0.05, 0.1) is 18.2 Å². The van der Waals surface area contributed by atoms with Gasteiger partial charge in [-0.25, -0.2) is 4.98 Å². The van der Waals surface area contributed by atoms with Crippen LogP contribution in [0.1, 0.15) is 37.4 Å². The molecular formula is C16H19F3N4O. The third-order valence-electron chi connectivity index (χ3n) is 3.59. The maximum absolute atomic E-state index is 12.9. The summed E-state index contributed by atoms with van der Waals surface area (Å²) in [6.45, 7) is 4.06. The molecule has 0 radical (unpaired) electrons. The lowest BCUT2D eigenvalue weighted by Gasteiger charge is -2.24. The zero-order valence-electron chi connectivity index (χ0n) is 13.4. The van der Waals surface area contributed by atoms with Gasteiger partial charge in [0.15, 0.2) is 0 Å². The first-order valence-corrected chi connectivity index (χ1v) is 7.56. The maximum Gasteiger partial charge on any atom is 0.416 e. The summed E-state index contributed by atoms with van der Waals surface area (Å²) >= 11 is 0. The fourth-order valence-corrected chi connectivity index (χ4v) is 2.35. The number of halogens is 3. The Morgan fingerprint density at radius 1 is 1.33 bits per heavy atom. The van der Waals surface area contributed by atoms with Gasteiger partial charge >= 0.3 is 6.18 Å². The SMILES string of the molecule is CC(C)[C@H](NC(=O)CCn1cncn1)c1cccc(C(F)(F)F)c1. The number of amides is 1. The molecule has 0 spiro atoms. The summed E-state index contributed by atoms with van der Waals surface area (Å²) in [4.78, 5) is 15.9. The highest BCUT2D eigenvalue weighted by atomic mass is 19.4. The Bertz CT molecular complexity index is 668. The molecule has 0 unspecified atom stereocenters. The Hall–Kier alpha value is -2.38. The predicted molar refractivity (Wildman–Crippen MR) is 81.8 cm³/mol. The van der Waals surface area contributed by atoms with Crippen molar-refractivity contribution in [2.24, 2.45) is 5.92 Å². The molecule has 1 atom stereocenters. The van der Waals surface area contributed by atoms with Crippen molar-refractivity contribution in [1.29, 1.82) is 0 Å². The Labute approximate surface area is 137 Å². The van der Waals surface area contributed by atoms with Crippen LogP contribution in [0.5, 0.6) is 0 Å². The number of benzene rings is 1. The highest BCUT2D eigenvalue weighted by Gasteiger charge is 2.31. The molecule has 1 N–H and O–H groups in total. The first kappa shape index (κ1) is 18.0. The van der Waals surface area contributed by atoms with Crippen molar-refractivity contribution in [1.82, 2.24) is 20.1 Å². The van der Waals surface area contributed by atoms with Gasteiger partial charge in [0.2, 0.25) is 5.91 Å². The second-order valence-corrected chi connectivity index (χ2v) is 5.82. The molecule has 0 aliphatic carbocycles. The number of aromatic nitrogens is 3. The number of hydrogen-bond donors (Lipinski definition) is 1. The standard InChI is InChI=1S/C16H19F3N4O/c1-11(2)15(12-4-3-5-13(8-12)16(17,18)19)22-14(24)6-7-23-10-20-9-21-23/h3-5,8-11,15H,6-7H2,1-2H3,(H,22,24)/t15-/m0/s1. The quantitative estimate of drug-likeness (QED) is 0.878. The minimum Gasteiger partial charge on any atom is -0.349 e. The summed E-state index contributed by atoms with van der Waals surface area (Å²) in [5.74, 6) is -0.301. The van der Waals surface area contributed by atoms with Crippen molar-refractivity contribution in [3.63, 3.8) is 0 Å². The average Bonchev–Trinajstić information content (AvgIpc) is 3.03. The Balaban J connectivity index is 2.07. The number of nitrogens with zero attached hydrogens (tertiary/aromatic N) is 3. The number of carbonyl (C=O) groups excluding carboxylic acids is 1. The van der Waals surface area contributed by atoms with E-state index < -0.39 is 17.8 Å². The molecule has 1 aromatic carbocycles. The molecule has 0 aliphatic rings. The van der Waals surface area contributed by atoms with Crippen LogP contribution >= 0.6 is 0 Å². The minimum absolute atomic E-state index is 0.0520. The lowest BCUT2D eigenvalue weighted by Crippen LogP contribution is -2.32. The van der Waals surface area contributed by atoms with E-state index in [1.807, 2.05) is 13.8 Å². The van der Waals surface area contributed by atoms with Gasteiger partial charge in [0.1, 0.15) is 12.7 Å². The van der Waals surface area contributed by atoms with Crippen LogP contribution in [-0.2, 0) is 17.5 Å². The highest BCUT2D eigenvalue weighted by Crippen LogP contribution is 2.32. The van der Waals surface area contributed by atoms with Crippen molar-refractivity contribution >= 4 is 5.91 Å². The van der Waals surface area contributed by atoms with Crippen LogP contribution < -0.4 is 5.32 Å². The van der Waals surface area contributed by atoms with E-state index in [4.69, 9.17) is 0 Å². The number of carbonyl (C=O) groups is 1.